The second kappa shape index (κ2) is 7.25. The van der Waals surface area contributed by atoms with E-state index in [2.05, 4.69) is 6.92 Å². The predicted octanol–water partition coefficient (Wildman–Crippen LogP) is 2.29. The van der Waals surface area contributed by atoms with Crippen molar-refractivity contribution < 1.29 is 9.59 Å². The van der Waals surface area contributed by atoms with Gasteiger partial charge in [-0.15, -0.1) is 0 Å². The molecule has 1 atom stereocenters. The fourth-order valence-electron chi connectivity index (χ4n) is 2.78. The zero-order valence-electron chi connectivity index (χ0n) is 12.9. The van der Waals surface area contributed by atoms with Crippen molar-refractivity contribution in [3.63, 3.8) is 0 Å². The first kappa shape index (κ1) is 15.5. The monoisotopic (exact) mass is 288 g/mol. The third-order valence-corrected chi connectivity index (χ3v) is 4.01. The number of nitrogens with zero attached hydrogens (tertiary/aromatic N) is 2. The molecule has 4 heteroatoms. The Morgan fingerprint density at radius 1 is 1.29 bits per heavy atom. The molecule has 0 aliphatic carbocycles. The number of carbonyl (C=O) groups is 2. The van der Waals surface area contributed by atoms with Gasteiger partial charge in [0.15, 0.2) is 0 Å². The predicted molar refractivity (Wildman–Crippen MR) is 82.5 cm³/mol. The molecule has 4 nitrogen and oxygen atoms in total. The van der Waals surface area contributed by atoms with E-state index >= 15 is 0 Å². The molecule has 0 bridgehead atoms. The Kier molecular flexibility index (Phi) is 5.37. The molecule has 1 heterocycles. The van der Waals surface area contributed by atoms with Gasteiger partial charge in [-0.1, -0.05) is 37.3 Å². The molecule has 1 aliphatic rings. The lowest BCUT2D eigenvalue weighted by Crippen LogP contribution is -2.48. The van der Waals surface area contributed by atoms with E-state index in [1.807, 2.05) is 37.3 Å². The van der Waals surface area contributed by atoms with Crippen LogP contribution in [0.15, 0.2) is 30.3 Å². The number of piperidine rings is 1. The highest BCUT2D eigenvalue weighted by molar-refractivity contribution is 6.34. The molecular weight excluding hydrogens is 264 g/mol. The second-order valence-electron chi connectivity index (χ2n) is 5.80. The van der Waals surface area contributed by atoms with Crippen LogP contribution in [0.5, 0.6) is 0 Å². The minimum absolute atomic E-state index is 0.348. The molecule has 1 unspecified atom stereocenters. The number of likely N-dealkylation sites (tertiary alicyclic amines) is 1. The highest BCUT2D eigenvalue weighted by atomic mass is 16.2. The third-order valence-electron chi connectivity index (χ3n) is 4.01. The lowest BCUT2D eigenvalue weighted by molar-refractivity contribution is -0.153. The molecule has 1 saturated heterocycles. The largest absolute Gasteiger partial charge is 0.334 e. The molecule has 0 radical (unpaired) electrons. The van der Waals surface area contributed by atoms with Crippen molar-refractivity contribution >= 4 is 11.8 Å². The Morgan fingerprint density at radius 2 is 2.00 bits per heavy atom. The smallest absolute Gasteiger partial charge is 0.312 e. The van der Waals surface area contributed by atoms with Crippen LogP contribution in [-0.2, 0) is 16.1 Å². The topological polar surface area (TPSA) is 40.6 Å². The maximum Gasteiger partial charge on any atom is 0.312 e. The van der Waals surface area contributed by atoms with Crippen molar-refractivity contribution in [1.29, 1.82) is 0 Å². The number of amides is 2. The van der Waals surface area contributed by atoms with Gasteiger partial charge in [-0.2, -0.15) is 0 Å². The summed E-state index contributed by atoms with van der Waals surface area (Å²) in [6.45, 7) is 6.48. The van der Waals surface area contributed by atoms with Crippen molar-refractivity contribution in [3.8, 4) is 0 Å². The first-order chi connectivity index (χ1) is 10.1. The summed E-state index contributed by atoms with van der Waals surface area (Å²) in [7, 11) is 0. The Hall–Kier alpha value is -1.84. The second-order valence-corrected chi connectivity index (χ2v) is 5.80. The van der Waals surface area contributed by atoms with Crippen LogP contribution in [0, 0.1) is 5.92 Å². The van der Waals surface area contributed by atoms with Gasteiger partial charge in [-0.25, -0.2) is 0 Å². The fraction of sp³-hybridized carbons (Fsp3) is 0.529. The first-order valence-electron chi connectivity index (χ1n) is 7.74. The summed E-state index contributed by atoms with van der Waals surface area (Å²) in [6.07, 6.45) is 2.13. The molecule has 0 aromatic heterocycles. The number of likely N-dealkylation sites (N-methyl/N-ethyl adjacent to an activating group) is 1. The summed E-state index contributed by atoms with van der Waals surface area (Å²) in [5, 5.41) is 0. The average molecular weight is 288 g/mol. The fourth-order valence-corrected chi connectivity index (χ4v) is 2.78. The van der Waals surface area contributed by atoms with Crippen LogP contribution in [0.2, 0.25) is 0 Å². The highest BCUT2D eigenvalue weighted by Gasteiger charge is 2.29. The van der Waals surface area contributed by atoms with Gasteiger partial charge in [0.05, 0.1) is 0 Å². The Balaban J connectivity index is 2.00. The maximum absolute atomic E-state index is 12.4. The molecule has 114 valence electrons. The summed E-state index contributed by atoms with van der Waals surface area (Å²) >= 11 is 0. The number of hydrogen-bond acceptors (Lipinski definition) is 2. The van der Waals surface area contributed by atoms with Crippen molar-refractivity contribution in [2.24, 2.45) is 5.92 Å². The standard InChI is InChI=1S/C17H24N2O2/c1-3-18(13-15-9-5-4-6-10-15)16(20)17(21)19-11-7-8-14(2)12-19/h4-6,9-10,14H,3,7-8,11-13H2,1-2H3. The van der Waals surface area contributed by atoms with Gasteiger partial charge in [-0.05, 0) is 31.2 Å². The van der Waals surface area contributed by atoms with E-state index < -0.39 is 0 Å². The van der Waals surface area contributed by atoms with E-state index in [0.717, 1.165) is 18.4 Å². The third kappa shape index (κ3) is 4.06. The van der Waals surface area contributed by atoms with Crippen LogP contribution in [0.3, 0.4) is 0 Å². The van der Waals surface area contributed by atoms with Crippen molar-refractivity contribution in [2.45, 2.75) is 33.2 Å². The van der Waals surface area contributed by atoms with Crippen molar-refractivity contribution in [2.75, 3.05) is 19.6 Å². The molecule has 1 aromatic carbocycles. The van der Waals surface area contributed by atoms with Gasteiger partial charge < -0.3 is 9.80 Å². The van der Waals surface area contributed by atoms with Gasteiger partial charge in [0, 0.05) is 26.2 Å². The van der Waals surface area contributed by atoms with E-state index in [4.69, 9.17) is 0 Å². The molecule has 0 saturated carbocycles. The van der Waals surface area contributed by atoms with Crippen LogP contribution < -0.4 is 0 Å². The summed E-state index contributed by atoms with van der Waals surface area (Å²) < 4.78 is 0. The van der Waals surface area contributed by atoms with Crippen LogP contribution in [0.25, 0.3) is 0 Å². The Labute approximate surface area is 126 Å². The van der Waals surface area contributed by atoms with Gasteiger partial charge in [0.25, 0.3) is 0 Å². The molecule has 2 amide bonds. The molecule has 1 aliphatic heterocycles. The van der Waals surface area contributed by atoms with Gasteiger partial charge >= 0.3 is 11.8 Å². The molecule has 21 heavy (non-hydrogen) atoms. The van der Waals surface area contributed by atoms with Crippen LogP contribution in [0.1, 0.15) is 32.3 Å². The summed E-state index contributed by atoms with van der Waals surface area (Å²) in [5.41, 5.74) is 1.05. The maximum atomic E-state index is 12.4. The van der Waals surface area contributed by atoms with Crippen LogP contribution in [-0.4, -0.2) is 41.2 Å². The average Bonchev–Trinajstić information content (AvgIpc) is 2.52. The van der Waals surface area contributed by atoms with Crippen molar-refractivity contribution in [3.05, 3.63) is 35.9 Å². The van der Waals surface area contributed by atoms with E-state index in [-0.39, 0.29) is 11.8 Å². The number of benzene rings is 1. The summed E-state index contributed by atoms with van der Waals surface area (Å²) in [5.74, 6) is -0.241. The number of hydrogen-bond donors (Lipinski definition) is 0. The summed E-state index contributed by atoms with van der Waals surface area (Å²) in [6, 6.07) is 9.79. The van der Waals surface area contributed by atoms with E-state index in [1.54, 1.807) is 9.80 Å². The number of carbonyl (C=O) groups excluding carboxylic acids is 2. The quantitative estimate of drug-likeness (QED) is 0.801. The first-order valence-corrected chi connectivity index (χ1v) is 7.74. The lowest BCUT2D eigenvalue weighted by Gasteiger charge is -2.32. The zero-order chi connectivity index (χ0) is 15.2. The normalized spacial score (nSPS) is 18.4. The van der Waals surface area contributed by atoms with E-state index in [9.17, 15) is 9.59 Å². The number of rotatable bonds is 3. The van der Waals surface area contributed by atoms with Crippen LogP contribution >= 0.6 is 0 Å². The highest BCUT2D eigenvalue weighted by Crippen LogP contribution is 2.16. The molecule has 0 spiro atoms. The van der Waals surface area contributed by atoms with Gasteiger partial charge in [0.1, 0.15) is 0 Å². The zero-order valence-corrected chi connectivity index (χ0v) is 12.9. The van der Waals surface area contributed by atoms with Gasteiger partial charge in [0.2, 0.25) is 0 Å². The lowest BCUT2D eigenvalue weighted by atomic mass is 10.0. The minimum Gasteiger partial charge on any atom is -0.334 e. The van der Waals surface area contributed by atoms with Crippen LogP contribution in [0.4, 0.5) is 0 Å². The molecule has 2 rings (SSSR count). The SMILES string of the molecule is CCN(Cc1ccccc1)C(=O)C(=O)N1CCCC(C)C1. The molecule has 1 fully saturated rings. The molecule has 0 N–H and O–H groups in total. The summed E-state index contributed by atoms with van der Waals surface area (Å²) in [4.78, 5) is 28.1. The van der Waals surface area contributed by atoms with Gasteiger partial charge in [-0.3, -0.25) is 9.59 Å². The Morgan fingerprint density at radius 3 is 2.62 bits per heavy atom. The Bertz CT molecular complexity index is 487. The molecule has 1 aromatic rings. The van der Waals surface area contributed by atoms with E-state index in [0.29, 0.717) is 32.1 Å². The van der Waals surface area contributed by atoms with Crippen molar-refractivity contribution in [1.82, 2.24) is 9.80 Å². The minimum atomic E-state index is -0.379. The van der Waals surface area contributed by atoms with E-state index in [1.165, 1.54) is 0 Å². The molecular formula is C17H24N2O2.